The van der Waals surface area contributed by atoms with Crippen LogP contribution in [-0.4, -0.2) is 19.0 Å². The van der Waals surface area contributed by atoms with Crippen LogP contribution in [0.4, 0.5) is 22.7 Å². The molecule has 1 amide bonds. The third-order valence-corrected chi connectivity index (χ3v) is 9.17. The Hall–Kier alpha value is -4.74. The lowest BCUT2D eigenvalue weighted by molar-refractivity contribution is 0.102. The highest BCUT2D eigenvalue weighted by Gasteiger charge is 2.32. The van der Waals surface area contributed by atoms with Gasteiger partial charge in [0, 0.05) is 58.8 Å². The number of benzene rings is 5. The van der Waals surface area contributed by atoms with Crippen LogP contribution in [-0.2, 0) is 0 Å². The van der Waals surface area contributed by atoms with Crippen molar-refractivity contribution in [3.63, 3.8) is 0 Å². The van der Waals surface area contributed by atoms with Crippen LogP contribution in [0.15, 0.2) is 109 Å². The first-order valence-corrected chi connectivity index (χ1v) is 17.0. The standard InChI is InChI=1S/C41H42ClN3O2/c1-4-6-24-45(25-7-5-2)30-21-22-33-39(27-30)47-38-23-20-29(43-37-19-13-11-17-35(37)42)26-34(38)40(33)32-16-10-12-18-36(32)44-41(46)31-15-9-8-14-28(31)3/h8-23,26-27,40,43H,4-7,24-25H2,1-3H3,(H,44,46). The number of amides is 1. The third kappa shape index (κ3) is 7.16. The first-order chi connectivity index (χ1) is 23.0. The summed E-state index contributed by atoms with van der Waals surface area (Å²) >= 11 is 6.51. The third-order valence-electron chi connectivity index (χ3n) is 8.84. The predicted molar refractivity (Wildman–Crippen MR) is 196 cm³/mol. The quantitative estimate of drug-likeness (QED) is 0.139. The van der Waals surface area contributed by atoms with E-state index in [0.29, 0.717) is 10.6 Å². The Morgan fingerprint density at radius 3 is 2.19 bits per heavy atom. The number of nitrogens with zero attached hydrogens (tertiary/aromatic N) is 1. The van der Waals surface area contributed by atoms with Crippen molar-refractivity contribution in [2.75, 3.05) is 28.6 Å². The highest BCUT2D eigenvalue weighted by Crippen LogP contribution is 2.50. The van der Waals surface area contributed by atoms with Crippen LogP contribution in [0, 0.1) is 6.92 Å². The van der Waals surface area contributed by atoms with Crippen LogP contribution in [0.3, 0.4) is 0 Å². The number of carbonyl (C=O) groups is 1. The van der Waals surface area contributed by atoms with Crippen LogP contribution in [0.5, 0.6) is 11.5 Å². The second-order valence-electron chi connectivity index (χ2n) is 12.2. The predicted octanol–water partition coefficient (Wildman–Crippen LogP) is 11.3. The van der Waals surface area contributed by atoms with E-state index in [0.717, 1.165) is 89.6 Å². The molecule has 0 saturated carbocycles. The second kappa shape index (κ2) is 14.8. The van der Waals surface area contributed by atoms with Crippen LogP contribution in [0.2, 0.25) is 5.02 Å². The van der Waals surface area contributed by atoms with E-state index in [1.54, 1.807) is 0 Å². The van der Waals surface area contributed by atoms with E-state index in [2.05, 4.69) is 59.7 Å². The number of hydrogen-bond acceptors (Lipinski definition) is 4. The zero-order valence-corrected chi connectivity index (χ0v) is 28.1. The van der Waals surface area contributed by atoms with Crippen molar-refractivity contribution in [3.8, 4) is 11.5 Å². The van der Waals surface area contributed by atoms with Gasteiger partial charge in [0.05, 0.1) is 10.7 Å². The maximum Gasteiger partial charge on any atom is 0.255 e. The van der Waals surface area contributed by atoms with Crippen molar-refractivity contribution < 1.29 is 9.53 Å². The van der Waals surface area contributed by atoms with Gasteiger partial charge in [-0.3, -0.25) is 4.79 Å². The maximum atomic E-state index is 13.6. The van der Waals surface area contributed by atoms with Crippen LogP contribution < -0.4 is 20.3 Å². The summed E-state index contributed by atoms with van der Waals surface area (Å²) in [7, 11) is 0. The molecular weight excluding hydrogens is 602 g/mol. The minimum atomic E-state index is -0.191. The fraction of sp³-hybridized carbons (Fsp3) is 0.244. The molecule has 1 aliphatic rings. The Morgan fingerprint density at radius 1 is 0.745 bits per heavy atom. The molecule has 1 atom stereocenters. The highest BCUT2D eigenvalue weighted by atomic mass is 35.5. The second-order valence-corrected chi connectivity index (χ2v) is 12.6. The Kier molecular flexibility index (Phi) is 10.1. The molecule has 0 spiro atoms. The number of anilines is 4. The molecule has 2 N–H and O–H groups in total. The van der Waals surface area contributed by atoms with E-state index in [1.165, 1.54) is 5.69 Å². The number of para-hydroxylation sites is 2. The number of nitrogens with one attached hydrogen (secondary N) is 2. The van der Waals surface area contributed by atoms with Crippen molar-refractivity contribution in [1.29, 1.82) is 0 Å². The number of ether oxygens (including phenoxy) is 1. The molecular formula is C41H42ClN3O2. The van der Waals surface area contributed by atoms with Gasteiger partial charge in [0.2, 0.25) is 0 Å². The highest BCUT2D eigenvalue weighted by molar-refractivity contribution is 6.33. The fourth-order valence-corrected chi connectivity index (χ4v) is 6.46. The zero-order chi connectivity index (χ0) is 32.8. The summed E-state index contributed by atoms with van der Waals surface area (Å²) < 4.78 is 6.70. The molecule has 1 aliphatic heterocycles. The molecule has 6 rings (SSSR count). The summed E-state index contributed by atoms with van der Waals surface area (Å²) in [6, 6.07) is 36.3. The first-order valence-electron chi connectivity index (χ1n) is 16.6. The van der Waals surface area contributed by atoms with Gasteiger partial charge in [0.1, 0.15) is 11.5 Å². The summed E-state index contributed by atoms with van der Waals surface area (Å²) in [5.74, 6) is 1.31. The minimum absolute atomic E-state index is 0.130. The average molecular weight is 644 g/mol. The molecule has 1 heterocycles. The van der Waals surface area contributed by atoms with Gasteiger partial charge >= 0.3 is 0 Å². The molecule has 0 bridgehead atoms. The van der Waals surface area contributed by atoms with E-state index in [4.69, 9.17) is 16.3 Å². The number of carbonyl (C=O) groups excluding carboxylic acids is 1. The summed E-state index contributed by atoms with van der Waals surface area (Å²) in [6.07, 6.45) is 4.58. The zero-order valence-electron chi connectivity index (χ0n) is 27.4. The summed E-state index contributed by atoms with van der Waals surface area (Å²) in [5, 5.41) is 7.38. The smallest absolute Gasteiger partial charge is 0.255 e. The number of halogens is 1. The normalized spacial score (nSPS) is 13.2. The molecule has 0 aliphatic carbocycles. The number of aryl methyl sites for hydroxylation is 1. The lowest BCUT2D eigenvalue weighted by atomic mass is 9.81. The molecule has 0 radical (unpaired) electrons. The van der Waals surface area contributed by atoms with Crippen LogP contribution >= 0.6 is 11.6 Å². The Morgan fingerprint density at radius 2 is 1.45 bits per heavy atom. The van der Waals surface area contributed by atoms with Gasteiger partial charge < -0.3 is 20.3 Å². The SMILES string of the molecule is CCCCN(CCCC)c1ccc2c(c1)Oc1ccc(Nc3ccccc3Cl)cc1C2c1ccccc1NC(=O)c1ccccc1C. The van der Waals surface area contributed by atoms with E-state index in [-0.39, 0.29) is 11.8 Å². The van der Waals surface area contributed by atoms with E-state index < -0.39 is 0 Å². The average Bonchev–Trinajstić information content (AvgIpc) is 3.09. The monoisotopic (exact) mass is 643 g/mol. The summed E-state index contributed by atoms with van der Waals surface area (Å²) in [4.78, 5) is 16.1. The molecule has 5 aromatic carbocycles. The molecule has 47 heavy (non-hydrogen) atoms. The number of rotatable bonds is 12. The van der Waals surface area contributed by atoms with Crippen LogP contribution in [0.1, 0.15) is 78.1 Å². The van der Waals surface area contributed by atoms with Crippen molar-refractivity contribution in [2.24, 2.45) is 0 Å². The number of hydrogen-bond donors (Lipinski definition) is 2. The maximum absolute atomic E-state index is 13.6. The van der Waals surface area contributed by atoms with E-state index in [9.17, 15) is 4.79 Å². The van der Waals surface area contributed by atoms with Crippen molar-refractivity contribution in [3.05, 3.63) is 142 Å². The molecule has 1 unspecified atom stereocenters. The minimum Gasteiger partial charge on any atom is -0.457 e. The summed E-state index contributed by atoms with van der Waals surface area (Å²) in [6.45, 7) is 8.46. The van der Waals surface area contributed by atoms with Crippen molar-refractivity contribution in [1.82, 2.24) is 0 Å². The van der Waals surface area contributed by atoms with Gasteiger partial charge in [0.15, 0.2) is 0 Å². The van der Waals surface area contributed by atoms with Crippen LogP contribution in [0.25, 0.3) is 0 Å². The van der Waals surface area contributed by atoms with Crippen molar-refractivity contribution in [2.45, 2.75) is 52.4 Å². The molecule has 0 aromatic heterocycles. The van der Waals surface area contributed by atoms with E-state index in [1.807, 2.05) is 85.8 Å². The molecule has 5 nitrogen and oxygen atoms in total. The number of unbranched alkanes of at least 4 members (excludes halogenated alkanes) is 2. The van der Waals surface area contributed by atoms with Gasteiger partial charge in [-0.25, -0.2) is 0 Å². The molecule has 5 aromatic rings. The lowest BCUT2D eigenvalue weighted by Gasteiger charge is -2.32. The van der Waals surface area contributed by atoms with Gasteiger partial charge in [0.25, 0.3) is 5.91 Å². The lowest BCUT2D eigenvalue weighted by Crippen LogP contribution is -2.26. The largest absolute Gasteiger partial charge is 0.457 e. The van der Waals surface area contributed by atoms with Gasteiger partial charge in [-0.2, -0.15) is 0 Å². The van der Waals surface area contributed by atoms with Gasteiger partial charge in [-0.05, 0) is 79.4 Å². The van der Waals surface area contributed by atoms with E-state index >= 15 is 0 Å². The fourth-order valence-electron chi connectivity index (χ4n) is 6.28. The molecule has 6 heteroatoms. The van der Waals surface area contributed by atoms with Gasteiger partial charge in [-0.15, -0.1) is 0 Å². The Labute approximate surface area is 283 Å². The van der Waals surface area contributed by atoms with Crippen molar-refractivity contribution >= 4 is 40.3 Å². The molecule has 0 saturated heterocycles. The Balaban J connectivity index is 1.44. The molecule has 0 fully saturated rings. The Bertz CT molecular complexity index is 1860. The van der Waals surface area contributed by atoms with Gasteiger partial charge in [-0.1, -0.05) is 92.9 Å². The summed E-state index contributed by atoms with van der Waals surface area (Å²) in [5.41, 5.74) is 8.32. The number of fused-ring (bicyclic) bond motifs is 2. The molecule has 240 valence electrons. The topological polar surface area (TPSA) is 53.6 Å². The first kappa shape index (κ1) is 32.2.